The molecular weight excluding hydrogens is 340 g/mol. The van der Waals surface area contributed by atoms with Crippen LogP contribution in [0.5, 0.6) is 11.5 Å². The van der Waals surface area contributed by atoms with E-state index >= 15 is 0 Å². The van der Waals surface area contributed by atoms with E-state index in [1.54, 1.807) is 0 Å². The van der Waals surface area contributed by atoms with Gasteiger partial charge in [-0.2, -0.15) is 0 Å². The van der Waals surface area contributed by atoms with Gasteiger partial charge in [0.15, 0.2) is 17.6 Å². The van der Waals surface area contributed by atoms with E-state index in [0.29, 0.717) is 5.56 Å². The minimum atomic E-state index is -1.86. The number of carbonyl (C=O) groups is 2. The Morgan fingerprint density at radius 2 is 1.76 bits per heavy atom. The molecule has 25 heavy (non-hydrogen) atoms. The fourth-order valence-corrected chi connectivity index (χ4v) is 2.33. The van der Waals surface area contributed by atoms with Crippen molar-refractivity contribution in [1.29, 1.82) is 0 Å². The number of carboxylic acids is 2. The second-order valence-corrected chi connectivity index (χ2v) is 5.55. The molecule has 0 radical (unpaired) electrons. The third kappa shape index (κ3) is 4.37. The van der Waals surface area contributed by atoms with Crippen molar-refractivity contribution in [2.24, 2.45) is 0 Å². The fraction of sp³-hybridized carbons (Fsp3) is 0.467. The lowest BCUT2D eigenvalue weighted by atomic mass is 9.99. The summed E-state index contributed by atoms with van der Waals surface area (Å²) < 4.78 is 10.2. The highest BCUT2D eigenvalue weighted by Crippen LogP contribution is 2.31. The number of phenolic OH excluding ortho intramolecular Hbond substituents is 1. The summed E-state index contributed by atoms with van der Waals surface area (Å²) in [6.07, 6.45) is -8.97. The zero-order valence-electron chi connectivity index (χ0n) is 12.8. The standard InChI is InChI=1S/C15H18O10/c16-7-3-1-6(2-4-9(17)18)5-8(7)24-15-12(21)10(19)11(20)13(25-15)14(22)23/h1,3,5,10-13,15-16,19-21H,2,4H2,(H,17,18)(H,22,23)/t10-,11-,12+,13-,15+/m0/s1. The summed E-state index contributed by atoms with van der Waals surface area (Å²) in [5.41, 5.74) is 0.510. The van der Waals surface area contributed by atoms with E-state index in [1.807, 2.05) is 0 Å². The van der Waals surface area contributed by atoms with Gasteiger partial charge in [0.05, 0.1) is 0 Å². The molecule has 138 valence electrons. The third-order valence-electron chi connectivity index (χ3n) is 3.71. The van der Waals surface area contributed by atoms with Gasteiger partial charge in [0.25, 0.3) is 0 Å². The van der Waals surface area contributed by atoms with E-state index in [9.17, 15) is 30.0 Å². The Balaban J connectivity index is 2.18. The lowest BCUT2D eigenvalue weighted by Gasteiger charge is -2.38. The van der Waals surface area contributed by atoms with Crippen molar-refractivity contribution in [3.63, 3.8) is 0 Å². The molecule has 1 aromatic carbocycles. The largest absolute Gasteiger partial charge is 0.504 e. The van der Waals surface area contributed by atoms with Gasteiger partial charge in [-0.3, -0.25) is 4.79 Å². The molecule has 10 nitrogen and oxygen atoms in total. The maximum Gasteiger partial charge on any atom is 0.335 e. The second kappa shape index (κ2) is 7.66. The molecule has 1 fully saturated rings. The predicted molar refractivity (Wildman–Crippen MR) is 79.0 cm³/mol. The van der Waals surface area contributed by atoms with Crippen LogP contribution in [0.15, 0.2) is 18.2 Å². The number of aryl methyl sites for hydroxylation is 1. The van der Waals surface area contributed by atoms with E-state index in [2.05, 4.69) is 0 Å². The van der Waals surface area contributed by atoms with Crippen molar-refractivity contribution in [2.75, 3.05) is 0 Å². The van der Waals surface area contributed by atoms with Gasteiger partial charge >= 0.3 is 11.9 Å². The lowest BCUT2D eigenvalue weighted by molar-refractivity contribution is -0.271. The number of hydrogen-bond acceptors (Lipinski definition) is 8. The molecule has 0 aliphatic carbocycles. The highest BCUT2D eigenvalue weighted by molar-refractivity contribution is 5.73. The number of benzene rings is 1. The first-order valence-corrected chi connectivity index (χ1v) is 7.33. The average Bonchev–Trinajstić information content (AvgIpc) is 2.55. The van der Waals surface area contributed by atoms with Crippen molar-refractivity contribution >= 4 is 11.9 Å². The van der Waals surface area contributed by atoms with Crippen LogP contribution in [0, 0.1) is 0 Å². The topological polar surface area (TPSA) is 174 Å². The maximum absolute atomic E-state index is 11.0. The van der Waals surface area contributed by atoms with Crippen LogP contribution in [0.2, 0.25) is 0 Å². The van der Waals surface area contributed by atoms with Gasteiger partial charge in [-0.1, -0.05) is 6.07 Å². The van der Waals surface area contributed by atoms with Gasteiger partial charge in [-0.25, -0.2) is 4.79 Å². The van der Waals surface area contributed by atoms with E-state index in [1.165, 1.54) is 18.2 Å². The van der Waals surface area contributed by atoms with Crippen LogP contribution < -0.4 is 4.74 Å². The first kappa shape index (κ1) is 18.9. The van der Waals surface area contributed by atoms with Gasteiger partial charge in [0.1, 0.15) is 18.3 Å². The quantitative estimate of drug-likeness (QED) is 0.358. The van der Waals surface area contributed by atoms with Crippen molar-refractivity contribution in [2.45, 2.75) is 43.5 Å². The van der Waals surface area contributed by atoms with Crippen molar-refractivity contribution in [3.8, 4) is 11.5 Å². The number of phenols is 1. The molecule has 0 bridgehead atoms. The first-order chi connectivity index (χ1) is 11.7. The molecule has 1 aliphatic rings. The Morgan fingerprint density at radius 1 is 1.08 bits per heavy atom. The smallest absolute Gasteiger partial charge is 0.335 e. The highest BCUT2D eigenvalue weighted by atomic mass is 16.7. The maximum atomic E-state index is 11.0. The SMILES string of the molecule is O=C(O)CCc1ccc(O)c(O[C@@H]2O[C@H](C(=O)O)[C@@H](O)[C@H](O)[C@H]2O)c1. The third-order valence-corrected chi connectivity index (χ3v) is 3.71. The van der Waals surface area contributed by atoms with Crippen molar-refractivity contribution < 1.29 is 49.7 Å². The molecule has 2 rings (SSSR count). The fourth-order valence-electron chi connectivity index (χ4n) is 2.33. The van der Waals surface area contributed by atoms with Gasteiger partial charge in [-0.05, 0) is 24.1 Å². The summed E-state index contributed by atoms with van der Waals surface area (Å²) >= 11 is 0. The number of carboxylic acid groups (broad SMARTS) is 2. The van der Waals surface area contributed by atoms with Crippen LogP contribution in [-0.2, 0) is 20.7 Å². The highest BCUT2D eigenvalue weighted by Gasteiger charge is 2.48. The molecule has 0 aromatic heterocycles. The van der Waals surface area contributed by atoms with Crippen LogP contribution in [0.4, 0.5) is 0 Å². The van der Waals surface area contributed by atoms with Crippen LogP contribution >= 0.6 is 0 Å². The molecule has 0 unspecified atom stereocenters. The number of hydrogen-bond donors (Lipinski definition) is 6. The first-order valence-electron chi connectivity index (χ1n) is 7.33. The molecule has 0 saturated carbocycles. The van der Waals surface area contributed by atoms with Gasteiger partial charge < -0.3 is 40.1 Å². The summed E-state index contributed by atoms with van der Waals surface area (Å²) in [6, 6.07) is 4.02. The van der Waals surface area contributed by atoms with Crippen molar-refractivity contribution in [3.05, 3.63) is 23.8 Å². The Bertz CT molecular complexity index is 645. The van der Waals surface area contributed by atoms with Gasteiger partial charge in [0.2, 0.25) is 6.29 Å². The minimum absolute atomic E-state index is 0.152. The number of rotatable bonds is 6. The number of ether oxygens (including phenoxy) is 2. The molecule has 6 N–H and O–H groups in total. The number of aliphatic hydroxyl groups excluding tert-OH is 3. The summed E-state index contributed by atoms with van der Waals surface area (Å²) in [5.74, 6) is -3.13. The molecule has 0 spiro atoms. The van der Waals surface area contributed by atoms with Crippen LogP contribution in [-0.4, -0.2) is 73.3 Å². The molecule has 5 atom stereocenters. The Hall–Kier alpha value is -2.40. The summed E-state index contributed by atoms with van der Waals surface area (Å²) in [4.78, 5) is 21.7. The molecule has 1 aromatic rings. The van der Waals surface area contributed by atoms with Crippen LogP contribution in [0.25, 0.3) is 0 Å². The van der Waals surface area contributed by atoms with Gasteiger partial charge in [0, 0.05) is 6.42 Å². The molecule has 1 heterocycles. The summed E-state index contributed by atoms with van der Waals surface area (Å²) in [6.45, 7) is 0. The van der Waals surface area contributed by atoms with E-state index in [-0.39, 0.29) is 24.3 Å². The Labute approximate surface area is 141 Å². The Morgan fingerprint density at radius 3 is 2.36 bits per heavy atom. The van der Waals surface area contributed by atoms with E-state index < -0.39 is 42.6 Å². The summed E-state index contributed by atoms with van der Waals surface area (Å²) in [7, 11) is 0. The average molecular weight is 358 g/mol. The zero-order valence-corrected chi connectivity index (χ0v) is 12.8. The van der Waals surface area contributed by atoms with E-state index in [0.717, 1.165) is 0 Å². The van der Waals surface area contributed by atoms with Crippen molar-refractivity contribution in [1.82, 2.24) is 0 Å². The molecule has 10 heteroatoms. The molecular formula is C15H18O10. The zero-order chi connectivity index (χ0) is 18.7. The molecule has 1 aliphatic heterocycles. The second-order valence-electron chi connectivity index (χ2n) is 5.55. The number of aliphatic hydroxyl groups is 3. The molecule has 1 saturated heterocycles. The van der Waals surface area contributed by atoms with Crippen LogP contribution in [0.3, 0.4) is 0 Å². The van der Waals surface area contributed by atoms with E-state index in [4.69, 9.17) is 19.7 Å². The molecule has 0 amide bonds. The van der Waals surface area contributed by atoms with Crippen LogP contribution in [0.1, 0.15) is 12.0 Å². The Kier molecular flexibility index (Phi) is 5.80. The minimum Gasteiger partial charge on any atom is -0.504 e. The predicted octanol–water partition coefficient (Wildman–Crippen LogP) is -1.32. The monoisotopic (exact) mass is 358 g/mol. The summed E-state index contributed by atoms with van der Waals surface area (Å²) in [5, 5.41) is 56.7. The number of aliphatic carboxylic acids is 2. The number of aromatic hydroxyl groups is 1. The normalized spacial score (nSPS) is 29.2. The lowest BCUT2D eigenvalue weighted by Crippen LogP contribution is -2.61. The van der Waals surface area contributed by atoms with Gasteiger partial charge in [-0.15, -0.1) is 0 Å².